The van der Waals surface area contributed by atoms with E-state index in [4.69, 9.17) is 5.73 Å². The zero-order chi connectivity index (χ0) is 13.8. The van der Waals surface area contributed by atoms with E-state index < -0.39 is 9.84 Å². The molecule has 0 spiro atoms. The molecule has 0 fully saturated rings. The fourth-order valence-electron chi connectivity index (χ4n) is 1.69. The van der Waals surface area contributed by atoms with Crippen molar-refractivity contribution in [3.05, 3.63) is 29.8 Å². The first-order valence-corrected chi connectivity index (χ1v) is 8.07. The van der Waals surface area contributed by atoms with Gasteiger partial charge in [-0.3, -0.25) is 0 Å². The van der Waals surface area contributed by atoms with Gasteiger partial charge in [0.2, 0.25) is 0 Å². The summed E-state index contributed by atoms with van der Waals surface area (Å²) in [6.07, 6.45) is 2.11. The van der Waals surface area contributed by atoms with Crippen LogP contribution >= 0.6 is 0 Å². The molecule has 1 rings (SSSR count). The lowest BCUT2D eigenvalue weighted by Crippen LogP contribution is -2.24. The van der Waals surface area contributed by atoms with Crippen molar-refractivity contribution in [3.8, 4) is 0 Å². The number of sulfone groups is 1. The molecular formula is C13H22N2O2S. The summed E-state index contributed by atoms with van der Waals surface area (Å²) in [4.78, 5) is 1.94. The van der Waals surface area contributed by atoms with Gasteiger partial charge in [-0.1, -0.05) is 12.1 Å². The van der Waals surface area contributed by atoms with Crippen LogP contribution < -0.4 is 10.6 Å². The van der Waals surface area contributed by atoms with Gasteiger partial charge in [-0.15, -0.1) is 0 Å². The van der Waals surface area contributed by atoms with Crippen LogP contribution in [0.1, 0.15) is 12.5 Å². The molecule has 1 aromatic rings. The van der Waals surface area contributed by atoms with E-state index in [0.29, 0.717) is 6.54 Å². The monoisotopic (exact) mass is 270 g/mol. The Kier molecular flexibility index (Phi) is 5.16. The van der Waals surface area contributed by atoms with E-state index >= 15 is 0 Å². The molecule has 1 aromatic carbocycles. The maximum atomic E-state index is 11.1. The van der Waals surface area contributed by atoms with E-state index in [-0.39, 0.29) is 11.8 Å². The number of rotatable bonds is 6. The van der Waals surface area contributed by atoms with Crippen molar-refractivity contribution < 1.29 is 8.42 Å². The Balaban J connectivity index is 2.61. The molecule has 0 aliphatic carbocycles. The Labute approximate surface area is 110 Å². The molecule has 0 bridgehead atoms. The fourth-order valence-corrected chi connectivity index (χ4v) is 2.30. The average Bonchev–Trinajstić information content (AvgIpc) is 2.25. The maximum absolute atomic E-state index is 11.1. The predicted octanol–water partition coefficient (Wildman–Crippen LogP) is 1.06. The molecule has 0 radical (unpaired) electrons. The van der Waals surface area contributed by atoms with Crippen LogP contribution in [0.25, 0.3) is 0 Å². The Hall–Kier alpha value is -1.07. The molecule has 0 saturated heterocycles. The van der Waals surface area contributed by atoms with E-state index in [1.54, 1.807) is 0 Å². The van der Waals surface area contributed by atoms with E-state index in [9.17, 15) is 8.42 Å². The fraction of sp³-hybridized carbons (Fsp3) is 0.538. The maximum Gasteiger partial charge on any atom is 0.149 e. The Morgan fingerprint density at radius 3 is 2.28 bits per heavy atom. The SMILES string of the molecule is CC(N)Cc1ccc(N(C)CCS(C)(=O)=O)cc1. The van der Waals surface area contributed by atoms with Crippen LogP contribution in [0.15, 0.2) is 24.3 Å². The Bertz CT molecular complexity index is 466. The third-order valence-corrected chi connectivity index (χ3v) is 3.66. The van der Waals surface area contributed by atoms with Crippen LogP contribution in [0.3, 0.4) is 0 Å². The molecule has 0 heterocycles. The molecule has 0 aromatic heterocycles. The topological polar surface area (TPSA) is 63.4 Å². The lowest BCUT2D eigenvalue weighted by atomic mass is 10.1. The minimum atomic E-state index is -2.91. The normalized spacial score (nSPS) is 13.3. The molecule has 0 aliphatic rings. The van der Waals surface area contributed by atoms with E-state index in [1.165, 1.54) is 11.8 Å². The number of nitrogens with two attached hydrogens (primary N) is 1. The summed E-state index contributed by atoms with van der Waals surface area (Å²) in [6.45, 7) is 2.48. The summed E-state index contributed by atoms with van der Waals surface area (Å²) >= 11 is 0. The second-order valence-corrected chi connectivity index (χ2v) is 7.16. The number of anilines is 1. The number of benzene rings is 1. The van der Waals surface area contributed by atoms with E-state index in [1.807, 2.05) is 43.1 Å². The van der Waals surface area contributed by atoms with Crippen molar-refractivity contribution in [2.75, 3.05) is 30.5 Å². The largest absolute Gasteiger partial charge is 0.374 e. The summed E-state index contributed by atoms with van der Waals surface area (Å²) < 4.78 is 22.2. The van der Waals surface area contributed by atoms with Gasteiger partial charge in [0, 0.05) is 31.6 Å². The second kappa shape index (κ2) is 6.20. The highest BCUT2D eigenvalue weighted by Crippen LogP contribution is 2.14. The van der Waals surface area contributed by atoms with Crippen LogP contribution in [0.2, 0.25) is 0 Å². The number of nitrogens with zero attached hydrogens (tertiary/aromatic N) is 1. The van der Waals surface area contributed by atoms with Gasteiger partial charge >= 0.3 is 0 Å². The highest BCUT2D eigenvalue weighted by molar-refractivity contribution is 7.90. The van der Waals surface area contributed by atoms with Gasteiger partial charge in [-0.25, -0.2) is 8.42 Å². The lowest BCUT2D eigenvalue weighted by molar-refractivity contribution is 0.601. The smallest absolute Gasteiger partial charge is 0.149 e. The minimum absolute atomic E-state index is 0.152. The standard InChI is InChI=1S/C13H22N2O2S/c1-11(14)10-12-4-6-13(7-5-12)15(2)8-9-18(3,16)17/h4-7,11H,8-10,14H2,1-3H3. The van der Waals surface area contributed by atoms with Crippen LogP contribution in [0, 0.1) is 0 Å². The summed E-state index contributed by atoms with van der Waals surface area (Å²) in [5.74, 6) is 0.172. The van der Waals surface area contributed by atoms with Gasteiger partial charge in [0.05, 0.1) is 5.75 Å². The molecule has 2 N–H and O–H groups in total. The van der Waals surface area contributed by atoms with Crippen LogP contribution in [0.5, 0.6) is 0 Å². The zero-order valence-corrected chi connectivity index (χ0v) is 12.1. The van der Waals surface area contributed by atoms with Crippen molar-refractivity contribution in [2.24, 2.45) is 5.73 Å². The Morgan fingerprint density at radius 1 is 1.28 bits per heavy atom. The summed E-state index contributed by atoms with van der Waals surface area (Å²) in [7, 11) is -1.01. The van der Waals surface area contributed by atoms with E-state index in [2.05, 4.69) is 0 Å². The first-order chi connectivity index (χ1) is 8.28. The molecule has 18 heavy (non-hydrogen) atoms. The second-order valence-electron chi connectivity index (χ2n) is 4.90. The van der Waals surface area contributed by atoms with Gasteiger partial charge in [-0.2, -0.15) is 0 Å². The zero-order valence-electron chi connectivity index (χ0n) is 11.3. The third kappa shape index (κ3) is 5.51. The molecule has 1 atom stereocenters. The molecule has 0 amide bonds. The number of hydrogen-bond donors (Lipinski definition) is 1. The Morgan fingerprint density at radius 2 is 1.83 bits per heavy atom. The lowest BCUT2D eigenvalue weighted by Gasteiger charge is -2.19. The van der Waals surface area contributed by atoms with Crippen molar-refractivity contribution in [1.29, 1.82) is 0 Å². The van der Waals surface area contributed by atoms with Crippen LogP contribution in [-0.2, 0) is 16.3 Å². The van der Waals surface area contributed by atoms with Gasteiger partial charge in [0.15, 0.2) is 0 Å². The van der Waals surface area contributed by atoms with E-state index in [0.717, 1.165) is 12.1 Å². The van der Waals surface area contributed by atoms with Gasteiger partial charge in [0.25, 0.3) is 0 Å². The van der Waals surface area contributed by atoms with Gasteiger partial charge in [-0.05, 0) is 31.0 Å². The minimum Gasteiger partial charge on any atom is -0.374 e. The van der Waals surface area contributed by atoms with Crippen LogP contribution in [-0.4, -0.2) is 40.1 Å². The predicted molar refractivity (Wildman–Crippen MR) is 76.8 cm³/mol. The molecule has 5 heteroatoms. The quantitative estimate of drug-likeness (QED) is 0.839. The van der Waals surface area contributed by atoms with Crippen LogP contribution in [0.4, 0.5) is 5.69 Å². The molecular weight excluding hydrogens is 248 g/mol. The highest BCUT2D eigenvalue weighted by Gasteiger charge is 2.06. The first-order valence-electron chi connectivity index (χ1n) is 6.01. The molecule has 0 saturated carbocycles. The highest BCUT2D eigenvalue weighted by atomic mass is 32.2. The summed E-state index contributed by atoms with van der Waals surface area (Å²) in [5.41, 5.74) is 7.96. The molecule has 4 nitrogen and oxygen atoms in total. The molecule has 1 unspecified atom stereocenters. The summed E-state index contributed by atoms with van der Waals surface area (Å²) in [6, 6.07) is 8.23. The van der Waals surface area contributed by atoms with Crippen molar-refractivity contribution >= 4 is 15.5 Å². The average molecular weight is 270 g/mol. The summed E-state index contributed by atoms with van der Waals surface area (Å²) in [5, 5.41) is 0. The first kappa shape index (κ1) is 15.0. The van der Waals surface area contributed by atoms with Gasteiger partial charge < -0.3 is 10.6 Å². The van der Waals surface area contributed by atoms with Crippen molar-refractivity contribution in [2.45, 2.75) is 19.4 Å². The third-order valence-electron chi connectivity index (χ3n) is 2.73. The van der Waals surface area contributed by atoms with Crippen molar-refractivity contribution in [1.82, 2.24) is 0 Å². The molecule has 0 aliphatic heterocycles. The van der Waals surface area contributed by atoms with Gasteiger partial charge in [0.1, 0.15) is 9.84 Å². The van der Waals surface area contributed by atoms with Crippen molar-refractivity contribution in [3.63, 3.8) is 0 Å². The molecule has 102 valence electrons. The number of hydrogen-bond acceptors (Lipinski definition) is 4.